The molecule has 1 saturated heterocycles. The molecule has 28 heavy (non-hydrogen) atoms. The van der Waals surface area contributed by atoms with E-state index in [2.05, 4.69) is 6.58 Å². The normalized spacial score (nSPS) is 18.9. The Bertz CT molecular complexity index is 617. The van der Waals surface area contributed by atoms with E-state index in [4.69, 9.17) is 14.2 Å². The van der Waals surface area contributed by atoms with Gasteiger partial charge >= 0.3 is 18.0 Å². The van der Waals surface area contributed by atoms with Crippen LogP contribution in [0.3, 0.4) is 0 Å². The Hall–Kier alpha value is -2.05. The number of carbonyl (C=O) groups excluding carboxylic acids is 3. The van der Waals surface area contributed by atoms with Crippen LogP contribution in [0.2, 0.25) is 0 Å². The maximum absolute atomic E-state index is 12.9. The van der Waals surface area contributed by atoms with Gasteiger partial charge in [0, 0.05) is 29.5 Å². The van der Waals surface area contributed by atoms with E-state index in [0.29, 0.717) is 19.3 Å². The van der Waals surface area contributed by atoms with Gasteiger partial charge in [-0.15, -0.1) is 0 Å². The monoisotopic (exact) mass is 397 g/mol. The molecule has 1 aliphatic rings. The minimum Gasteiger partial charge on any atom is -0.460 e. The quantitative estimate of drug-likeness (QED) is 0.383. The number of esters is 2. The highest BCUT2D eigenvalue weighted by Gasteiger charge is 2.50. The first-order chi connectivity index (χ1) is 12.6. The summed E-state index contributed by atoms with van der Waals surface area (Å²) in [6.07, 6.45) is 0.846. The largest absolute Gasteiger partial charge is 0.460 e. The first kappa shape index (κ1) is 24.0. The Morgan fingerprint density at radius 2 is 1.61 bits per heavy atom. The van der Waals surface area contributed by atoms with Crippen LogP contribution in [-0.2, 0) is 23.8 Å². The average Bonchev–Trinajstić information content (AvgIpc) is 2.49. The average molecular weight is 398 g/mol. The zero-order valence-electron chi connectivity index (χ0n) is 18.5. The Kier molecular flexibility index (Phi) is 7.31. The van der Waals surface area contributed by atoms with Crippen molar-refractivity contribution in [1.82, 2.24) is 4.90 Å². The molecule has 0 aromatic carbocycles. The highest BCUT2D eigenvalue weighted by Crippen LogP contribution is 2.40. The molecule has 0 aromatic rings. The highest BCUT2D eigenvalue weighted by atomic mass is 16.6. The number of nitrogens with zero attached hydrogens (tertiary/aromatic N) is 1. The molecule has 0 N–H and O–H groups in total. The van der Waals surface area contributed by atoms with E-state index in [9.17, 15) is 14.4 Å². The van der Waals surface area contributed by atoms with E-state index in [0.717, 1.165) is 0 Å². The van der Waals surface area contributed by atoms with Crippen molar-refractivity contribution in [2.75, 3.05) is 6.61 Å². The van der Waals surface area contributed by atoms with Gasteiger partial charge in [0.15, 0.2) is 6.61 Å². The number of likely N-dealkylation sites (tertiary alicyclic amines) is 1. The SMILES string of the molecule is C=C(C)C(=O)OCC(=O)OC1CC(C)(C)N(C(=O)OC(C)(C)CC)C(C)(C)C1. The Balaban J connectivity index is 2.83. The maximum atomic E-state index is 12.9. The smallest absolute Gasteiger partial charge is 0.411 e. The zero-order chi connectivity index (χ0) is 21.9. The predicted molar refractivity (Wildman–Crippen MR) is 106 cm³/mol. The summed E-state index contributed by atoms with van der Waals surface area (Å²) in [5.41, 5.74) is -1.50. The van der Waals surface area contributed by atoms with Crippen LogP contribution < -0.4 is 0 Å². The molecule has 7 nitrogen and oxygen atoms in total. The van der Waals surface area contributed by atoms with Gasteiger partial charge in [-0.1, -0.05) is 13.5 Å². The minimum atomic E-state index is -0.631. The van der Waals surface area contributed by atoms with Crippen molar-refractivity contribution in [2.24, 2.45) is 0 Å². The molecule has 0 spiro atoms. The molecule has 0 unspecified atom stereocenters. The molecule has 0 atom stereocenters. The van der Waals surface area contributed by atoms with Crippen molar-refractivity contribution in [3.8, 4) is 0 Å². The lowest BCUT2D eigenvalue weighted by atomic mass is 9.78. The van der Waals surface area contributed by atoms with Gasteiger partial charge in [0.25, 0.3) is 0 Å². The molecule has 0 saturated carbocycles. The summed E-state index contributed by atoms with van der Waals surface area (Å²) in [6, 6.07) is 0. The van der Waals surface area contributed by atoms with E-state index in [1.165, 1.54) is 6.92 Å². The van der Waals surface area contributed by atoms with Crippen molar-refractivity contribution in [3.05, 3.63) is 12.2 Å². The van der Waals surface area contributed by atoms with Crippen LogP contribution >= 0.6 is 0 Å². The van der Waals surface area contributed by atoms with Crippen LogP contribution in [0.25, 0.3) is 0 Å². The first-order valence-corrected chi connectivity index (χ1v) is 9.67. The van der Waals surface area contributed by atoms with E-state index in [1.54, 1.807) is 4.90 Å². The van der Waals surface area contributed by atoms with Crippen molar-refractivity contribution in [2.45, 2.75) is 97.4 Å². The summed E-state index contributed by atoms with van der Waals surface area (Å²) in [7, 11) is 0. The van der Waals surface area contributed by atoms with E-state index >= 15 is 0 Å². The standard InChI is InChI=1S/C21H35NO6/c1-10-21(8,9)28-18(25)22-19(4,5)11-15(12-20(22,6)7)27-16(23)13-26-17(24)14(2)3/h15H,2,10-13H2,1,3-9H3. The number of piperidine rings is 1. The summed E-state index contributed by atoms with van der Waals surface area (Å²) in [5, 5.41) is 0. The number of hydrogen-bond acceptors (Lipinski definition) is 6. The van der Waals surface area contributed by atoms with Gasteiger partial charge in [-0.25, -0.2) is 14.4 Å². The number of ether oxygens (including phenoxy) is 3. The number of rotatable bonds is 6. The van der Waals surface area contributed by atoms with Crippen molar-refractivity contribution < 1.29 is 28.6 Å². The van der Waals surface area contributed by atoms with Gasteiger partial charge in [0.2, 0.25) is 0 Å². The fraction of sp³-hybridized carbons (Fsp3) is 0.762. The molecule has 0 aliphatic carbocycles. The number of hydrogen-bond donors (Lipinski definition) is 0. The van der Waals surface area contributed by atoms with E-state index in [-0.39, 0.29) is 11.7 Å². The van der Waals surface area contributed by atoms with Crippen LogP contribution in [0.4, 0.5) is 4.79 Å². The molecule has 0 radical (unpaired) electrons. The Morgan fingerprint density at radius 3 is 2.04 bits per heavy atom. The molecule has 0 bridgehead atoms. The predicted octanol–water partition coefficient (Wildman–Crippen LogP) is 4.00. The topological polar surface area (TPSA) is 82.1 Å². The lowest BCUT2D eigenvalue weighted by Gasteiger charge is -2.54. The van der Waals surface area contributed by atoms with Gasteiger partial charge in [0.05, 0.1) is 0 Å². The molecule has 1 heterocycles. The van der Waals surface area contributed by atoms with Crippen molar-refractivity contribution >= 4 is 18.0 Å². The lowest BCUT2D eigenvalue weighted by molar-refractivity contribution is -0.167. The Labute approximate surface area is 168 Å². The van der Waals surface area contributed by atoms with Crippen LogP contribution in [0, 0.1) is 0 Å². The molecule has 0 aromatic heterocycles. The summed E-state index contributed by atoms with van der Waals surface area (Å²) < 4.78 is 16.1. The molecular weight excluding hydrogens is 362 g/mol. The molecule has 160 valence electrons. The zero-order valence-corrected chi connectivity index (χ0v) is 18.5. The fourth-order valence-electron chi connectivity index (χ4n) is 3.59. The fourth-order valence-corrected chi connectivity index (χ4v) is 3.59. The lowest BCUT2D eigenvalue weighted by Crippen LogP contribution is -2.65. The van der Waals surface area contributed by atoms with Crippen molar-refractivity contribution in [1.29, 1.82) is 0 Å². The molecule has 7 heteroatoms. The number of carbonyl (C=O) groups is 3. The second-order valence-corrected chi connectivity index (χ2v) is 9.32. The summed E-state index contributed by atoms with van der Waals surface area (Å²) >= 11 is 0. The second-order valence-electron chi connectivity index (χ2n) is 9.32. The van der Waals surface area contributed by atoms with Gasteiger partial charge in [0.1, 0.15) is 11.7 Å². The summed E-state index contributed by atoms with van der Waals surface area (Å²) in [4.78, 5) is 38.1. The van der Waals surface area contributed by atoms with Crippen LogP contribution in [0.5, 0.6) is 0 Å². The van der Waals surface area contributed by atoms with Crippen LogP contribution in [0.1, 0.15) is 74.7 Å². The van der Waals surface area contributed by atoms with Gasteiger partial charge < -0.3 is 14.2 Å². The third-order valence-electron chi connectivity index (χ3n) is 5.03. The van der Waals surface area contributed by atoms with Crippen LogP contribution in [-0.4, -0.2) is 52.3 Å². The van der Waals surface area contributed by atoms with Crippen LogP contribution in [0.15, 0.2) is 12.2 Å². The first-order valence-electron chi connectivity index (χ1n) is 9.67. The molecule has 1 fully saturated rings. The minimum absolute atomic E-state index is 0.219. The second kappa shape index (κ2) is 8.53. The third-order valence-corrected chi connectivity index (χ3v) is 5.03. The molecule has 1 aliphatic heterocycles. The maximum Gasteiger partial charge on any atom is 0.411 e. The molecule has 1 rings (SSSR count). The van der Waals surface area contributed by atoms with E-state index < -0.39 is 41.3 Å². The van der Waals surface area contributed by atoms with Gasteiger partial charge in [-0.05, 0) is 54.9 Å². The van der Waals surface area contributed by atoms with Gasteiger partial charge in [-0.2, -0.15) is 0 Å². The van der Waals surface area contributed by atoms with Gasteiger partial charge in [-0.3, -0.25) is 4.90 Å². The Morgan fingerprint density at radius 1 is 1.11 bits per heavy atom. The third kappa shape index (κ3) is 6.24. The highest BCUT2D eigenvalue weighted by molar-refractivity contribution is 5.88. The van der Waals surface area contributed by atoms with E-state index in [1.807, 2.05) is 48.5 Å². The molecular formula is C21H35NO6. The summed E-state index contributed by atoms with van der Waals surface area (Å²) in [5.74, 6) is -1.25. The molecule has 1 amide bonds. The number of amides is 1. The van der Waals surface area contributed by atoms with Crippen molar-refractivity contribution in [3.63, 3.8) is 0 Å². The summed E-state index contributed by atoms with van der Waals surface area (Å²) in [6.45, 7) is 18.0.